The summed E-state index contributed by atoms with van der Waals surface area (Å²) in [5, 5.41) is 25.4. The SMILES string of the molecule is C[C@H](Oc1cc(-c2cnc(Nc3cc(N4CCC(N5CCOCC5)CC4)ccc3O)nc2)ccc1Cl)SCn1cnnn1. The van der Waals surface area contributed by atoms with Crippen LogP contribution in [0.5, 0.6) is 11.5 Å². The first-order valence-electron chi connectivity index (χ1n) is 14.3. The number of aromatic hydroxyl groups is 1. The van der Waals surface area contributed by atoms with Gasteiger partial charge in [0.25, 0.3) is 0 Å². The minimum atomic E-state index is -0.181. The minimum absolute atomic E-state index is 0.145. The van der Waals surface area contributed by atoms with Gasteiger partial charge in [-0.3, -0.25) is 4.90 Å². The molecule has 0 bridgehead atoms. The molecule has 4 heterocycles. The predicted molar refractivity (Wildman–Crippen MR) is 167 cm³/mol. The first kappa shape index (κ1) is 29.4. The standard InChI is InChI=1S/C29H34ClN9O3S/c1-20(43-19-39-18-33-35-36-39)42-28-14-21(2-4-25(28)30)22-16-31-29(32-17-22)34-26-15-24(3-5-27(26)40)37-8-6-23(7-9-37)38-10-12-41-13-11-38/h2-5,14-18,20,23,40H,6-13,19H2,1H3,(H,31,32,34)/t20-/m1/s1. The number of piperidine rings is 1. The molecule has 2 saturated heterocycles. The molecule has 2 N–H and O–H groups in total. The second-order valence-electron chi connectivity index (χ2n) is 10.5. The fourth-order valence-corrected chi connectivity index (χ4v) is 6.14. The van der Waals surface area contributed by atoms with E-state index in [9.17, 15) is 5.11 Å². The Morgan fingerprint density at radius 2 is 1.86 bits per heavy atom. The van der Waals surface area contributed by atoms with Gasteiger partial charge in [0, 0.05) is 55.9 Å². The van der Waals surface area contributed by atoms with Crippen LogP contribution in [0.1, 0.15) is 19.8 Å². The molecule has 0 saturated carbocycles. The van der Waals surface area contributed by atoms with Crippen molar-refractivity contribution in [3.8, 4) is 22.6 Å². The maximum Gasteiger partial charge on any atom is 0.227 e. The van der Waals surface area contributed by atoms with Crippen molar-refractivity contribution in [2.75, 3.05) is 49.6 Å². The summed E-state index contributed by atoms with van der Waals surface area (Å²) >= 11 is 7.96. The molecule has 0 aliphatic carbocycles. The predicted octanol–water partition coefficient (Wildman–Crippen LogP) is 4.65. The largest absolute Gasteiger partial charge is 0.506 e. The van der Waals surface area contributed by atoms with Crippen LogP contribution in [0.15, 0.2) is 55.1 Å². The summed E-state index contributed by atoms with van der Waals surface area (Å²) in [5.74, 6) is 1.65. The lowest BCUT2D eigenvalue weighted by Gasteiger charge is -2.40. The van der Waals surface area contributed by atoms with Gasteiger partial charge in [-0.05, 0) is 66.1 Å². The van der Waals surface area contributed by atoms with Crippen molar-refractivity contribution < 1.29 is 14.6 Å². The van der Waals surface area contributed by atoms with E-state index < -0.39 is 0 Å². The van der Waals surface area contributed by atoms with Gasteiger partial charge in [-0.25, -0.2) is 14.6 Å². The minimum Gasteiger partial charge on any atom is -0.506 e. The van der Waals surface area contributed by atoms with Crippen molar-refractivity contribution in [3.05, 3.63) is 60.1 Å². The van der Waals surface area contributed by atoms with Crippen LogP contribution in [0.4, 0.5) is 17.3 Å². The molecule has 2 aromatic carbocycles. The lowest BCUT2D eigenvalue weighted by atomic mass is 10.0. The van der Waals surface area contributed by atoms with Crippen molar-refractivity contribution in [1.29, 1.82) is 0 Å². The smallest absolute Gasteiger partial charge is 0.227 e. The normalized spacial score (nSPS) is 17.1. The highest BCUT2D eigenvalue weighted by Crippen LogP contribution is 2.34. The lowest BCUT2D eigenvalue weighted by Crippen LogP contribution is -2.49. The number of ether oxygens (including phenoxy) is 2. The maximum absolute atomic E-state index is 10.6. The monoisotopic (exact) mass is 623 g/mol. The average Bonchev–Trinajstić information content (AvgIpc) is 3.57. The summed E-state index contributed by atoms with van der Waals surface area (Å²) in [6.07, 6.45) is 7.25. The third kappa shape index (κ3) is 7.47. The zero-order valence-electron chi connectivity index (χ0n) is 23.8. The van der Waals surface area contributed by atoms with Crippen LogP contribution in [-0.4, -0.2) is 91.1 Å². The summed E-state index contributed by atoms with van der Waals surface area (Å²) in [7, 11) is 0. The van der Waals surface area contributed by atoms with E-state index >= 15 is 0 Å². The number of nitrogens with zero attached hydrogens (tertiary/aromatic N) is 8. The number of phenols is 1. The Kier molecular flexibility index (Phi) is 9.42. The molecule has 0 spiro atoms. The number of hydrogen-bond acceptors (Lipinski definition) is 12. The summed E-state index contributed by atoms with van der Waals surface area (Å²) in [4.78, 5) is 13.9. The van der Waals surface area contributed by atoms with Crippen molar-refractivity contribution in [2.24, 2.45) is 0 Å². The fraction of sp³-hybridized carbons (Fsp3) is 0.414. The van der Waals surface area contributed by atoms with Crippen molar-refractivity contribution in [2.45, 2.75) is 37.1 Å². The van der Waals surface area contributed by atoms with Gasteiger partial charge in [-0.1, -0.05) is 29.4 Å². The lowest BCUT2D eigenvalue weighted by molar-refractivity contribution is 0.0115. The van der Waals surface area contributed by atoms with E-state index in [0.29, 0.717) is 34.3 Å². The molecular weight excluding hydrogens is 590 g/mol. The van der Waals surface area contributed by atoms with Crippen molar-refractivity contribution in [3.63, 3.8) is 0 Å². The molecule has 2 aliphatic heterocycles. The molecule has 1 atom stereocenters. The number of aromatic nitrogens is 6. The van der Waals surface area contributed by atoms with Gasteiger partial charge in [-0.2, -0.15) is 0 Å². The first-order valence-corrected chi connectivity index (χ1v) is 15.7. The number of halogens is 1. The van der Waals surface area contributed by atoms with Crippen molar-refractivity contribution in [1.82, 2.24) is 35.1 Å². The highest BCUT2D eigenvalue weighted by molar-refractivity contribution is 7.98. The summed E-state index contributed by atoms with van der Waals surface area (Å²) in [6.45, 7) is 7.59. The zero-order chi connectivity index (χ0) is 29.6. The van der Waals surface area contributed by atoms with Gasteiger partial charge in [0.2, 0.25) is 5.95 Å². The van der Waals surface area contributed by atoms with E-state index in [0.717, 1.165) is 69.0 Å². The van der Waals surface area contributed by atoms with Gasteiger partial charge < -0.3 is 24.8 Å². The number of nitrogens with one attached hydrogen (secondary N) is 1. The molecule has 2 aliphatic rings. The molecule has 2 aromatic heterocycles. The third-order valence-electron chi connectivity index (χ3n) is 7.66. The van der Waals surface area contributed by atoms with Crippen molar-refractivity contribution >= 4 is 40.7 Å². The number of benzene rings is 2. The Labute approximate surface area is 259 Å². The molecule has 226 valence electrons. The Bertz CT molecular complexity index is 1480. The fourth-order valence-electron chi connectivity index (χ4n) is 5.32. The van der Waals surface area contributed by atoms with Crippen LogP contribution < -0.4 is 15.0 Å². The quantitative estimate of drug-likeness (QED) is 0.189. The highest BCUT2D eigenvalue weighted by Gasteiger charge is 2.26. The van der Waals surface area contributed by atoms with Gasteiger partial charge in [0.15, 0.2) is 0 Å². The summed E-state index contributed by atoms with van der Waals surface area (Å²) in [5.41, 5.74) is 3.13. The van der Waals surface area contributed by atoms with E-state index in [1.807, 2.05) is 31.2 Å². The first-order chi connectivity index (χ1) is 21.0. The van der Waals surface area contributed by atoms with E-state index in [1.165, 1.54) is 11.8 Å². The van der Waals surface area contributed by atoms with Gasteiger partial charge in [0.1, 0.15) is 23.3 Å². The Morgan fingerprint density at radius 1 is 1.07 bits per heavy atom. The Hall–Kier alpha value is -3.65. The molecule has 0 radical (unpaired) electrons. The van der Waals surface area contributed by atoms with Crippen LogP contribution in [0.3, 0.4) is 0 Å². The number of hydrogen-bond donors (Lipinski definition) is 2. The summed E-state index contributed by atoms with van der Waals surface area (Å²) < 4.78 is 13.2. The molecular formula is C29H34ClN9O3S. The number of tetrazole rings is 1. The maximum atomic E-state index is 10.6. The molecule has 2 fully saturated rings. The Morgan fingerprint density at radius 3 is 2.60 bits per heavy atom. The topological polar surface area (TPSA) is 127 Å². The summed E-state index contributed by atoms with van der Waals surface area (Å²) in [6, 6.07) is 11.8. The Balaban J connectivity index is 1.07. The average molecular weight is 624 g/mol. The van der Waals surface area contributed by atoms with Crippen LogP contribution >= 0.6 is 23.4 Å². The van der Waals surface area contributed by atoms with Crippen LogP contribution in [0.2, 0.25) is 5.02 Å². The second kappa shape index (κ2) is 13.8. The number of anilines is 3. The van der Waals surface area contributed by atoms with Crippen LogP contribution in [0, 0.1) is 0 Å². The molecule has 0 unspecified atom stereocenters. The zero-order valence-corrected chi connectivity index (χ0v) is 25.4. The number of thioether (sulfide) groups is 1. The van der Waals surface area contributed by atoms with Crippen LogP contribution in [0.25, 0.3) is 11.1 Å². The second-order valence-corrected chi connectivity index (χ2v) is 12.1. The van der Waals surface area contributed by atoms with Gasteiger partial charge >= 0.3 is 0 Å². The molecule has 43 heavy (non-hydrogen) atoms. The molecule has 14 heteroatoms. The van der Waals surface area contributed by atoms with E-state index in [4.69, 9.17) is 21.1 Å². The van der Waals surface area contributed by atoms with Crippen LogP contribution in [-0.2, 0) is 10.6 Å². The van der Waals surface area contributed by atoms with Gasteiger partial charge in [-0.15, -0.1) is 5.10 Å². The molecule has 4 aromatic rings. The molecule has 6 rings (SSSR count). The highest BCUT2D eigenvalue weighted by atomic mass is 35.5. The number of rotatable bonds is 10. The number of morpholine rings is 1. The van der Waals surface area contributed by atoms with E-state index in [2.05, 4.69) is 40.6 Å². The van der Waals surface area contributed by atoms with Gasteiger partial charge in [0.05, 0.1) is 29.8 Å². The van der Waals surface area contributed by atoms with E-state index in [1.54, 1.807) is 35.5 Å². The van der Waals surface area contributed by atoms with E-state index in [-0.39, 0.29) is 11.2 Å². The third-order valence-corrected chi connectivity index (χ3v) is 8.95. The number of phenolic OH excluding ortho intramolecular Hbond substituents is 1. The molecule has 0 amide bonds. The molecule has 12 nitrogen and oxygen atoms in total.